The molecule has 5 heteroatoms. The van der Waals surface area contributed by atoms with Crippen LogP contribution in [-0.2, 0) is 17.6 Å². The molecule has 1 aromatic heterocycles. The molecule has 2 N–H and O–H groups in total. The molecule has 106 valence electrons. The first-order chi connectivity index (χ1) is 9.62. The van der Waals surface area contributed by atoms with Crippen LogP contribution in [0.15, 0.2) is 24.3 Å². The first-order valence-corrected chi connectivity index (χ1v) is 6.60. The Labute approximate surface area is 118 Å². The minimum Gasteiger partial charge on any atom is -0.496 e. The average molecular weight is 273 g/mol. The van der Waals surface area contributed by atoms with Crippen molar-refractivity contribution < 1.29 is 9.53 Å². The summed E-state index contributed by atoms with van der Waals surface area (Å²) in [5, 5.41) is 9.69. The van der Waals surface area contributed by atoms with Gasteiger partial charge in [0.25, 0.3) is 0 Å². The first kappa shape index (κ1) is 14.1. The summed E-state index contributed by atoms with van der Waals surface area (Å²) in [6.45, 7) is 4.01. The Kier molecular flexibility index (Phi) is 4.40. The third-order valence-electron chi connectivity index (χ3n) is 3.07. The van der Waals surface area contributed by atoms with Gasteiger partial charge in [-0.15, -0.1) is 0 Å². The summed E-state index contributed by atoms with van der Waals surface area (Å²) in [7, 11) is 1.60. The van der Waals surface area contributed by atoms with Crippen molar-refractivity contribution in [3.63, 3.8) is 0 Å². The number of hydrogen-bond donors (Lipinski definition) is 2. The largest absolute Gasteiger partial charge is 0.496 e. The monoisotopic (exact) mass is 273 g/mol. The van der Waals surface area contributed by atoms with Crippen LogP contribution < -0.4 is 10.1 Å². The maximum atomic E-state index is 12.0. The number of nitrogens with zero attached hydrogens (tertiary/aromatic N) is 1. The Morgan fingerprint density at radius 2 is 2.20 bits per heavy atom. The third-order valence-corrected chi connectivity index (χ3v) is 3.07. The highest BCUT2D eigenvalue weighted by molar-refractivity contribution is 5.91. The lowest BCUT2D eigenvalue weighted by atomic mass is 10.1. The SMILES string of the molecule is CCc1cc(NC(=O)Cc2cc(C)ccc2OC)n[nH]1. The smallest absolute Gasteiger partial charge is 0.230 e. The molecule has 0 fully saturated rings. The van der Waals surface area contributed by atoms with E-state index in [1.54, 1.807) is 7.11 Å². The van der Waals surface area contributed by atoms with E-state index in [1.165, 1.54) is 0 Å². The molecule has 0 saturated heterocycles. The summed E-state index contributed by atoms with van der Waals surface area (Å²) in [6.07, 6.45) is 1.12. The van der Waals surface area contributed by atoms with E-state index in [0.717, 1.165) is 29.0 Å². The number of methoxy groups -OCH3 is 1. The molecular formula is C15H19N3O2. The normalized spacial score (nSPS) is 10.3. The summed E-state index contributed by atoms with van der Waals surface area (Å²) in [5.74, 6) is 1.17. The fraction of sp³-hybridized carbons (Fsp3) is 0.333. The number of ether oxygens (including phenoxy) is 1. The fourth-order valence-electron chi connectivity index (χ4n) is 2.01. The molecule has 0 unspecified atom stereocenters. The van der Waals surface area contributed by atoms with E-state index in [0.29, 0.717) is 5.82 Å². The maximum absolute atomic E-state index is 12.0. The number of nitrogens with one attached hydrogen (secondary N) is 2. The topological polar surface area (TPSA) is 67.0 Å². The number of carbonyl (C=O) groups is 1. The van der Waals surface area contributed by atoms with Crippen LogP contribution in [0.1, 0.15) is 23.7 Å². The van der Waals surface area contributed by atoms with Gasteiger partial charge in [-0.2, -0.15) is 5.10 Å². The van der Waals surface area contributed by atoms with Crippen molar-refractivity contribution in [3.05, 3.63) is 41.1 Å². The predicted molar refractivity (Wildman–Crippen MR) is 78.0 cm³/mol. The van der Waals surface area contributed by atoms with Crippen LogP contribution in [0.5, 0.6) is 5.75 Å². The molecule has 2 aromatic rings. The van der Waals surface area contributed by atoms with Crippen molar-refractivity contribution in [2.75, 3.05) is 12.4 Å². The number of aromatic nitrogens is 2. The van der Waals surface area contributed by atoms with E-state index in [1.807, 2.05) is 38.1 Å². The Morgan fingerprint density at radius 3 is 2.85 bits per heavy atom. The van der Waals surface area contributed by atoms with E-state index < -0.39 is 0 Å². The van der Waals surface area contributed by atoms with Gasteiger partial charge in [-0.1, -0.05) is 24.6 Å². The molecule has 1 aromatic carbocycles. The van der Waals surface area contributed by atoms with Crippen LogP contribution in [0.3, 0.4) is 0 Å². The van der Waals surface area contributed by atoms with Gasteiger partial charge in [-0.25, -0.2) is 0 Å². The van der Waals surface area contributed by atoms with Gasteiger partial charge in [0, 0.05) is 17.3 Å². The fourth-order valence-corrected chi connectivity index (χ4v) is 2.01. The highest BCUT2D eigenvalue weighted by Gasteiger charge is 2.10. The second kappa shape index (κ2) is 6.23. The summed E-state index contributed by atoms with van der Waals surface area (Å²) >= 11 is 0. The van der Waals surface area contributed by atoms with Gasteiger partial charge in [-0.3, -0.25) is 9.89 Å². The van der Waals surface area contributed by atoms with Gasteiger partial charge in [0.05, 0.1) is 13.5 Å². The first-order valence-electron chi connectivity index (χ1n) is 6.60. The molecule has 0 atom stereocenters. The lowest BCUT2D eigenvalue weighted by Crippen LogP contribution is -2.15. The number of H-pyrrole nitrogens is 1. The standard InChI is InChI=1S/C15H19N3O2/c1-4-12-9-14(18-17-12)16-15(19)8-11-7-10(2)5-6-13(11)20-3/h5-7,9H,4,8H2,1-3H3,(H2,16,17,18,19). The molecule has 0 spiro atoms. The number of amides is 1. The molecule has 0 saturated carbocycles. The molecule has 2 rings (SSSR count). The molecule has 0 aliphatic rings. The number of hydrogen-bond acceptors (Lipinski definition) is 3. The minimum atomic E-state index is -0.108. The zero-order valence-electron chi connectivity index (χ0n) is 12.0. The van der Waals surface area contributed by atoms with Gasteiger partial charge in [0.15, 0.2) is 5.82 Å². The van der Waals surface area contributed by atoms with Gasteiger partial charge in [0.2, 0.25) is 5.91 Å². The van der Waals surface area contributed by atoms with Gasteiger partial charge in [0.1, 0.15) is 5.75 Å². The van der Waals surface area contributed by atoms with Crippen LogP contribution in [0.25, 0.3) is 0 Å². The second-order valence-electron chi connectivity index (χ2n) is 4.67. The number of anilines is 1. The Balaban J connectivity index is 2.06. The van der Waals surface area contributed by atoms with Crippen molar-refractivity contribution in [3.8, 4) is 5.75 Å². The van der Waals surface area contributed by atoms with Crippen molar-refractivity contribution in [1.29, 1.82) is 0 Å². The predicted octanol–water partition coefficient (Wildman–Crippen LogP) is 2.47. The number of aromatic amines is 1. The van der Waals surface area contributed by atoms with Crippen molar-refractivity contribution in [2.24, 2.45) is 0 Å². The summed E-state index contributed by atoms with van der Waals surface area (Å²) in [6, 6.07) is 7.63. The Hall–Kier alpha value is -2.30. The quantitative estimate of drug-likeness (QED) is 0.879. The van der Waals surface area contributed by atoms with Crippen molar-refractivity contribution in [1.82, 2.24) is 10.2 Å². The molecule has 1 heterocycles. The second-order valence-corrected chi connectivity index (χ2v) is 4.67. The third kappa shape index (κ3) is 3.38. The van der Waals surface area contributed by atoms with E-state index >= 15 is 0 Å². The lowest BCUT2D eigenvalue weighted by Gasteiger charge is -2.09. The van der Waals surface area contributed by atoms with Gasteiger partial charge >= 0.3 is 0 Å². The molecule has 0 radical (unpaired) electrons. The summed E-state index contributed by atoms with van der Waals surface area (Å²) in [4.78, 5) is 12.0. The van der Waals surface area contributed by atoms with Crippen LogP contribution in [0.2, 0.25) is 0 Å². The minimum absolute atomic E-state index is 0.108. The van der Waals surface area contributed by atoms with Gasteiger partial charge < -0.3 is 10.1 Å². The molecule has 0 aliphatic heterocycles. The molecule has 0 aliphatic carbocycles. The van der Waals surface area contributed by atoms with Crippen molar-refractivity contribution >= 4 is 11.7 Å². The highest BCUT2D eigenvalue weighted by Crippen LogP contribution is 2.20. The van der Waals surface area contributed by atoms with E-state index in [2.05, 4.69) is 15.5 Å². The molecule has 1 amide bonds. The van der Waals surface area contributed by atoms with Crippen molar-refractivity contribution in [2.45, 2.75) is 26.7 Å². The number of rotatable bonds is 5. The highest BCUT2D eigenvalue weighted by atomic mass is 16.5. The van der Waals surface area contributed by atoms with Gasteiger partial charge in [-0.05, 0) is 19.4 Å². The molecule has 0 bridgehead atoms. The lowest BCUT2D eigenvalue weighted by molar-refractivity contribution is -0.115. The Bertz CT molecular complexity index is 605. The number of carbonyl (C=O) groups excluding carboxylic acids is 1. The van der Waals surface area contributed by atoms with Crippen LogP contribution in [0.4, 0.5) is 5.82 Å². The zero-order valence-corrected chi connectivity index (χ0v) is 12.0. The average Bonchev–Trinajstić information content (AvgIpc) is 2.86. The molecular weight excluding hydrogens is 254 g/mol. The maximum Gasteiger partial charge on any atom is 0.230 e. The summed E-state index contributed by atoms with van der Waals surface area (Å²) < 4.78 is 5.27. The number of benzene rings is 1. The van der Waals surface area contributed by atoms with E-state index in [-0.39, 0.29) is 12.3 Å². The van der Waals surface area contributed by atoms with Crippen LogP contribution >= 0.6 is 0 Å². The molecule has 20 heavy (non-hydrogen) atoms. The van der Waals surface area contributed by atoms with E-state index in [4.69, 9.17) is 4.74 Å². The van der Waals surface area contributed by atoms with E-state index in [9.17, 15) is 4.79 Å². The summed E-state index contributed by atoms with van der Waals surface area (Å²) in [5.41, 5.74) is 2.96. The van der Waals surface area contributed by atoms with Crippen LogP contribution in [0, 0.1) is 6.92 Å². The number of aryl methyl sites for hydroxylation is 2. The molecule has 5 nitrogen and oxygen atoms in total. The van der Waals surface area contributed by atoms with Crippen LogP contribution in [-0.4, -0.2) is 23.2 Å². The zero-order chi connectivity index (χ0) is 14.5. The Morgan fingerprint density at radius 1 is 1.40 bits per heavy atom.